The summed E-state index contributed by atoms with van der Waals surface area (Å²) in [4.78, 5) is 13.9. The molecule has 1 heterocycles. The summed E-state index contributed by atoms with van der Waals surface area (Å²) in [5.74, 6) is 0.106. The molecule has 0 spiro atoms. The van der Waals surface area contributed by atoms with Crippen LogP contribution in [0.15, 0.2) is 12.7 Å². The maximum Gasteiger partial charge on any atom is 0.251 e. The van der Waals surface area contributed by atoms with Crippen LogP contribution in [0.4, 0.5) is 0 Å². The average molecular weight is 291 g/mol. The highest BCUT2D eigenvalue weighted by Gasteiger charge is 2.31. The van der Waals surface area contributed by atoms with Gasteiger partial charge in [-0.05, 0) is 32.1 Å². The summed E-state index contributed by atoms with van der Waals surface area (Å²) in [5, 5.41) is 0. The maximum atomic E-state index is 12.1. The summed E-state index contributed by atoms with van der Waals surface area (Å²) in [6.45, 7) is 5.02. The van der Waals surface area contributed by atoms with Crippen LogP contribution in [0, 0.1) is 0 Å². The monoisotopic (exact) mass is 290 g/mol. The number of hydrogen-bond acceptors (Lipinski definition) is 3. The molecule has 0 aromatic heterocycles. The number of rotatable bonds is 8. The molecule has 1 aliphatic rings. The van der Waals surface area contributed by atoms with Gasteiger partial charge in [-0.25, -0.2) is 0 Å². The molecule has 0 aliphatic carbocycles. The molecule has 0 aromatic rings. The smallest absolute Gasteiger partial charge is 0.251 e. The molecule has 2 N–H and O–H groups in total. The molecule has 0 unspecified atom stereocenters. The van der Waals surface area contributed by atoms with E-state index in [1.165, 1.54) is 0 Å². The second-order valence-electron chi connectivity index (χ2n) is 4.96. The zero-order valence-electron chi connectivity index (χ0n) is 11.8. The Morgan fingerprint density at radius 2 is 2.16 bits per heavy atom. The number of halogens is 1. The van der Waals surface area contributed by atoms with E-state index >= 15 is 0 Å². The molecular formula is C14H27ClN2O2. The predicted octanol–water partition coefficient (Wildman–Crippen LogP) is 2.12. The molecule has 0 radical (unpaired) electrons. The van der Waals surface area contributed by atoms with Crippen LogP contribution in [-0.4, -0.2) is 43.2 Å². The Morgan fingerprint density at radius 1 is 1.42 bits per heavy atom. The van der Waals surface area contributed by atoms with Gasteiger partial charge in [0.1, 0.15) is 6.10 Å². The quantitative estimate of drug-likeness (QED) is 0.550. The van der Waals surface area contributed by atoms with Crippen LogP contribution in [-0.2, 0) is 9.53 Å². The van der Waals surface area contributed by atoms with Crippen molar-refractivity contribution < 1.29 is 9.53 Å². The number of carbonyl (C=O) groups excluding carboxylic acids is 1. The van der Waals surface area contributed by atoms with Gasteiger partial charge in [-0.15, -0.1) is 19.0 Å². The van der Waals surface area contributed by atoms with Crippen molar-refractivity contribution in [2.24, 2.45) is 5.73 Å². The Morgan fingerprint density at radius 3 is 2.74 bits per heavy atom. The first kappa shape index (κ1) is 18.4. The minimum atomic E-state index is -0.267. The second-order valence-corrected chi connectivity index (χ2v) is 4.96. The number of likely N-dealkylation sites (N-methyl/N-ethyl adjacent to an activating group) is 1. The molecule has 1 rings (SSSR count). The molecule has 1 saturated heterocycles. The zero-order valence-corrected chi connectivity index (χ0v) is 12.7. The summed E-state index contributed by atoms with van der Waals surface area (Å²) >= 11 is 0. The third-order valence-corrected chi connectivity index (χ3v) is 3.42. The van der Waals surface area contributed by atoms with E-state index in [1.807, 2.05) is 13.1 Å². The summed E-state index contributed by atoms with van der Waals surface area (Å²) in [6.07, 6.45) is 7.85. The second kappa shape index (κ2) is 10.2. The van der Waals surface area contributed by atoms with Gasteiger partial charge in [-0.2, -0.15) is 0 Å². The number of nitrogens with zero attached hydrogens (tertiary/aromatic N) is 1. The fraction of sp³-hybridized carbons (Fsp3) is 0.786. The van der Waals surface area contributed by atoms with Crippen molar-refractivity contribution in [2.45, 2.75) is 50.7 Å². The fourth-order valence-corrected chi connectivity index (χ4v) is 2.23. The molecule has 2 atom stereocenters. The fourth-order valence-electron chi connectivity index (χ4n) is 2.23. The van der Waals surface area contributed by atoms with E-state index in [9.17, 15) is 4.79 Å². The number of hydrogen-bond donors (Lipinski definition) is 1. The van der Waals surface area contributed by atoms with Gasteiger partial charge in [0.25, 0.3) is 5.91 Å². The Hall–Kier alpha value is -0.580. The minimum Gasteiger partial charge on any atom is -0.364 e. The molecule has 0 bridgehead atoms. The Balaban J connectivity index is 0.00000324. The largest absolute Gasteiger partial charge is 0.364 e. The normalized spacial score (nSPS) is 21.8. The Kier molecular flexibility index (Phi) is 9.92. The molecule has 1 fully saturated rings. The number of unbranched alkanes of at least 4 members (excludes halogenated alkanes) is 3. The standard InChI is InChI=1S/C14H26N2O2.ClH/c1-3-4-5-6-7-10-16(2)14(17)13-9-8-12(11-15)18-13;/h3,12-13H,1,4-11,15H2,2H3;1H/t12-,13+;/m1./s1. The van der Waals surface area contributed by atoms with Gasteiger partial charge in [-0.3, -0.25) is 4.79 Å². The lowest BCUT2D eigenvalue weighted by Crippen LogP contribution is -2.37. The SMILES string of the molecule is C=CCCCCCN(C)C(=O)[C@@H]1CC[C@H](CN)O1.Cl. The molecule has 112 valence electrons. The number of amides is 1. The lowest BCUT2D eigenvalue weighted by molar-refractivity contribution is -0.141. The van der Waals surface area contributed by atoms with Crippen LogP contribution in [0.5, 0.6) is 0 Å². The highest BCUT2D eigenvalue weighted by molar-refractivity contribution is 5.85. The van der Waals surface area contributed by atoms with E-state index < -0.39 is 0 Å². The number of ether oxygens (including phenoxy) is 1. The van der Waals surface area contributed by atoms with E-state index in [2.05, 4.69) is 6.58 Å². The lowest BCUT2D eigenvalue weighted by Gasteiger charge is -2.21. The maximum absolute atomic E-state index is 12.1. The highest BCUT2D eigenvalue weighted by Crippen LogP contribution is 2.20. The Labute approximate surface area is 122 Å². The summed E-state index contributed by atoms with van der Waals surface area (Å²) in [6, 6.07) is 0. The third kappa shape index (κ3) is 6.41. The summed E-state index contributed by atoms with van der Waals surface area (Å²) < 4.78 is 5.61. The van der Waals surface area contributed by atoms with Gasteiger partial charge in [0.2, 0.25) is 0 Å². The lowest BCUT2D eigenvalue weighted by atomic mass is 10.1. The van der Waals surface area contributed by atoms with Crippen LogP contribution < -0.4 is 5.73 Å². The van der Waals surface area contributed by atoms with Crippen molar-refractivity contribution in [3.8, 4) is 0 Å². The van der Waals surface area contributed by atoms with E-state index in [0.717, 1.165) is 45.1 Å². The van der Waals surface area contributed by atoms with Crippen molar-refractivity contribution in [1.29, 1.82) is 0 Å². The van der Waals surface area contributed by atoms with E-state index in [4.69, 9.17) is 10.5 Å². The van der Waals surface area contributed by atoms with Crippen molar-refractivity contribution in [1.82, 2.24) is 4.90 Å². The first-order valence-corrected chi connectivity index (χ1v) is 6.90. The van der Waals surface area contributed by atoms with Crippen LogP contribution in [0.3, 0.4) is 0 Å². The molecular weight excluding hydrogens is 264 g/mol. The minimum absolute atomic E-state index is 0. The van der Waals surface area contributed by atoms with Gasteiger partial charge in [0.15, 0.2) is 0 Å². The van der Waals surface area contributed by atoms with Gasteiger partial charge in [0.05, 0.1) is 6.10 Å². The predicted molar refractivity (Wildman–Crippen MR) is 80.5 cm³/mol. The number of carbonyl (C=O) groups is 1. The van der Waals surface area contributed by atoms with Crippen LogP contribution >= 0.6 is 12.4 Å². The highest BCUT2D eigenvalue weighted by atomic mass is 35.5. The van der Waals surface area contributed by atoms with Crippen molar-refractivity contribution in [3.05, 3.63) is 12.7 Å². The molecule has 1 amide bonds. The van der Waals surface area contributed by atoms with Crippen molar-refractivity contribution in [3.63, 3.8) is 0 Å². The molecule has 0 aromatic carbocycles. The first-order valence-electron chi connectivity index (χ1n) is 6.90. The van der Waals surface area contributed by atoms with E-state index in [0.29, 0.717) is 6.54 Å². The van der Waals surface area contributed by atoms with Crippen LogP contribution in [0.1, 0.15) is 38.5 Å². The zero-order chi connectivity index (χ0) is 13.4. The topological polar surface area (TPSA) is 55.6 Å². The van der Waals surface area contributed by atoms with E-state index in [-0.39, 0.29) is 30.5 Å². The Bertz CT molecular complexity index is 274. The molecule has 4 nitrogen and oxygen atoms in total. The third-order valence-electron chi connectivity index (χ3n) is 3.42. The van der Waals surface area contributed by atoms with E-state index in [1.54, 1.807) is 4.90 Å². The number of nitrogens with two attached hydrogens (primary N) is 1. The number of allylic oxidation sites excluding steroid dienone is 1. The van der Waals surface area contributed by atoms with Gasteiger partial charge >= 0.3 is 0 Å². The molecule has 19 heavy (non-hydrogen) atoms. The summed E-state index contributed by atoms with van der Waals surface area (Å²) in [7, 11) is 1.86. The molecule has 1 aliphatic heterocycles. The average Bonchev–Trinajstić information content (AvgIpc) is 2.86. The van der Waals surface area contributed by atoms with Crippen LogP contribution in [0.25, 0.3) is 0 Å². The van der Waals surface area contributed by atoms with Crippen molar-refractivity contribution >= 4 is 18.3 Å². The van der Waals surface area contributed by atoms with Gasteiger partial charge < -0.3 is 15.4 Å². The molecule has 0 saturated carbocycles. The molecule has 5 heteroatoms. The van der Waals surface area contributed by atoms with Gasteiger partial charge in [-0.1, -0.05) is 12.5 Å². The van der Waals surface area contributed by atoms with Crippen molar-refractivity contribution in [2.75, 3.05) is 20.1 Å². The van der Waals surface area contributed by atoms with Crippen LogP contribution in [0.2, 0.25) is 0 Å². The van der Waals surface area contributed by atoms with Gasteiger partial charge in [0, 0.05) is 20.1 Å². The summed E-state index contributed by atoms with van der Waals surface area (Å²) in [5.41, 5.74) is 5.54. The first-order chi connectivity index (χ1) is 8.69.